The van der Waals surface area contributed by atoms with E-state index in [9.17, 15) is 0 Å². The average molecular weight is 253 g/mol. The van der Waals surface area contributed by atoms with E-state index in [1.54, 1.807) is 0 Å². The van der Waals surface area contributed by atoms with Crippen LogP contribution in [0.4, 0.5) is 0 Å². The third kappa shape index (κ3) is 3.01. The molecule has 2 rings (SSSR count). The molecule has 1 N–H and O–H groups in total. The Bertz CT molecular complexity index is 370. The molecule has 1 saturated heterocycles. The highest BCUT2D eigenvalue weighted by atomic mass is 35.5. The van der Waals surface area contributed by atoms with Crippen molar-refractivity contribution in [3.05, 3.63) is 34.9 Å². The molecule has 94 valence electrons. The van der Waals surface area contributed by atoms with Gasteiger partial charge in [0, 0.05) is 29.7 Å². The normalized spacial score (nSPS) is 27.3. The van der Waals surface area contributed by atoms with Gasteiger partial charge in [0.1, 0.15) is 0 Å². The predicted molar refractivity (Wildman–Crippen MR) is 73.5 cm³/mol. The molecule has 0 aromatic heterocycles. The lowest BCUT2D eigenvalue weighted by atomic mass is 10.1. The van der Waals surface area contributed by atoms with Crippen molar-refractivity contribution >= 4 is 11.6 Å². The molecule has 1 heterocycles. The molecule has 3 heteroatoms. The third-order valence-corrected chi connectivity index (χ3v) is 4.09. The lowest BCUT2D eigenvalue weighted by molar-refractivity contribution is 0.325. The van der Waals surface area contributed by atoms with Crippen LogP contribution in [0.2, 0.25) is 5.02 Å². The molecule has 0 saturated carbocycles. The molecule has 3 atom stereocenters. The topological polar surface area (TPSA) is 15.3 Å². The molecule has 0 radical (unpaired) electrons. The van der Waals surface area contributed by atoms with Crippen molar-refractivity contribution < 1.29 is 0 Å². The van der Waals surface area contributed by atoms with Gasteiger partial charge in [-0.2, -0.15) is 0 Å². The summed E-state index contributed by atoms with van der Waals surface area (Å²) < 4.78 is 0. The molecule has 0 spiro atoms. The average Bonchev–Trinajstić information content (AvgIpc) is 2.58. The summed E-state index contributed by atoms with van der Waals surface area (Å²) in [5, 5.41) is 4.52. The van der Waals surface area contributed by atoms with E-state index >= 15 is 0 Å². The standard InChI is InChI=1S/C14H21ClN2/c1-10-8-12(9-17(10)3)16-11(2)13-6-4-5-7-14(13)15/h4-7,10-12,16H,8-9H2,1-3H3/t10?,11-,12?/m1/s1. The van der Waals surface area contributed by atoms with Gasteiger partial charge in [-0.25, -0.2) is 0 Å². The van der Waals surface area contributed by atoms with E-state index in [1.807, 2.05) is 18.2 Å². The van der Waals surface area contributed by atoms with E-state index in [0.717, 1.165) is 11.6 Å². The molecule has 17 heavy (non-hydrogen) atoms. The summed E-state index contributed by atoms with van der Waals surface area (Å²) in [6.07, 6.45) is 1.21. The maximum atomic E-state index is 6.21. The van der Waals surface area contributed by atoms with Gasteiger partial charge >= 0.3 is 0 Å². The number of hydrogen-bond donors (Lipinski definition) is 1. The SMILES string of the molecule is CC1CC(N[C@H](C)c2ccccc2Cl)CN1C. The predicted octanol–water partition coefficient (Wildman–Crippen LogP) is 3.08. The Hall–Kier alpha value is -0.570. The number of benzene rings is 1. The highest BCUT2D eigenvalue weighted by Gasteiger charge is 2.27. The van der Waals surface area contributed by atoms with E-state index < -0.39 is 0 Å². The number of likely N-dealkylation sites (tertiary alicyclic amines) is 1. The van der Waals surface area contributed by atoms with E-state index in [0.29, 0.717) is 18.1 Å². The van der Waals surface area contributed by atoms with Crippen LogP contribution in [0.1, 0.15) is 31.9 Å². The molecule has 1 fully saturated rings. The molecule has 0 aliphatic carbocycles. The molecular weight excluding hydrogens is 232 g/mol. The van der Waals surface area contributed by atoms with Crippen molar-refractivity contribution in [2.75, 3.05) is 13.6 Å². The van der Waals surface area contributed by atoms with E-state index in [1.165, 1.54) is 12.0 Å². The van der Waals surface area contributed by atoms with Crippen LogP contribution in [0.5, 0.6) is 0 Å². The van der Waals surface area contributed by atoms with Crippen molar-refractivity contribution in [1.29, 1.82) is 0 Å². The lowest BCUT2D eigenvalue weighted by Gasteiger charge is -2.20. The second kappa shape index (κ2) is 5.38. The van der Waals surface area contributed by atoms with Gasteiger partial charge in [0.15, 0.2) is 0 Å². The summed E-state index contributed by atoms with van der Waals surface area (Å²) in [5.74, 6) is 0. The Labute approximate surface area is 109 Å². The van der Waals surface area contributed by atoms with Gasteiger partial charge in [-0.15, -0.1) is 0 Å². The van der Waals surface area contributed by atoms with Crippen LogP contribution in [0, 0.1) is 0 Å². The van der Waals surface area contributed by atoms with Gasteiger partial charge in [-0.1, -0.05) is 29.8 Å². The maximum Gasteiger partial charge on any atom is 0.0453 e. The van der Waals surface area contributed by atoms with Crippen molar-refractivity contribution in [2.45, 2.75) is 38.4 Å². The maximum absolute atomic E-state index is 6.21. The van der Waals surface area contributed by atoms with Gasteiger partial charge in [0.25, 0.3) is 0 Å². The minimum atomic E-state index is 0.312. The summed E-state index contributed by atoms with van der Waals surface area (Å²) in [6, 6.07) is 9.63. The highest BCUT2D eigenvalue weighted by molar-refractivity contribution is 6.31. The lowest BCUT2D eigenvalue weighted by Crippen LogP contribution is -2.33. The molecule has 2 nitrogen and oxygen atoms in total. The largest absolute Gasteiger partial charge is 0.306 e. The second-order valence-corrected chi connectivity index (χ2v) is 5.54. The first-order chi connectivity index (χ1) is 8.08. The minimum absolute atomic E-state index is 0.312. The monoisotopic (exact) mass is 252 g/mol. The number of nitrogens with zero attached hydrogens (tertiary/aromatic N) is 1. The molecule has 1 aliphatic heterocycles. The number of nitrogens with one attached hydrogen (secondary N) is 1. The third-order valence-electron chi connectivity index (χ3n) is 3.74. The number of likely N-dealkylation sites (N-methyl/N-ethyl adjacent to an activating group) is 1. The molecular formula is C14H21ClN2. The zero-order valence-corrected chi connectivity index (χ0v) is 11.5. The summed E-state index contributed by atoms with van der Waals surface area (Å²) in [6.45, 7) is 5.59. The molecule has 1 aromatic carbocycles. The van der Waals surface area contributed by atoms with Gasteiger partial charge < -0.3 is 10.2 Å². The quantitative estimate of drug-likeness (QED) is 0.890. The zero-order chi connectivity index (χ0) is 12.4. The minimum Gasteiger partial charge on any atom is -0.306 e. The van der Waals surface area contributed by atoms with Gasteiger partial charge in [-0.05, 0) is 38.9 Å². The fourth-order valence-corrected chi connectivity index (χ4v) is 2.88. The Balaban J connectivity index is 1.98. The van der Waals surface area contributed by atoms with E-state index in [2.05, 4.69) is 37.2 Å². The Morgan fingerprint density at radius 1 is 1.41 bits per heavy atom. The van der Waals surface area contributed by atoms with Crippen molar-refractivity contribution in [1.82, 2.24) is 10.2 Å². The number of hydrogen-bond acceptors (Lipinski definition) is 2. The first-order valence-corrected chi connectivity index (χ1v) is 6.66. The van der Waals surface area contributed by atoms with Crippen LogP contribution in [-0.2, 0) is 0 Å². The van der Waals surface area contributed by atoms with Gasteiger partial charge in [0.05, 0.1) is 0 Å². The molecule has 1 aliphatic rings. The zero-order valence-electron chi connectivity index (χ0n) is 10.8. The van der Waals surface area contributed by atoms with Crippen LogP contribution in [0.15, 0.2) is 24.3 Å². The second-order valence-electron chi connectivity index (χ2n) is 5.13. The van der Waals surface area contributed by atoms with Crippen LogP contribution in [-0.4, -0.2) is 30.6 Å². The number of halogens is 1. The van der Waals surface area contributed by atoms with E-state index in [4.69, 9.17) is 11.6 Å². The van der Waals surface area contributed by atoms with E-state index in [-0.39, 0.29) is 0 Å². The van der Waals surface area contributed by atoms with Crippen LogP contribution < -0.4 is 5.32 Å². The van der Waals surface area contributed by atoms with Crippen LogP contribution in [0.25, 0.3) is 0 Å². The number of rotatable bonds is 3. The Kier molecular flexibility index (Phi) is 4.08. The molecule has 0 amide bonds. The van der Waals surface area contributed by atoms with Gasteiger partial charge in [0.2, 0.25) is 0 Å². The van der Waals surface area contributed by atoms with Crippen molar-refractivity contribution in [3.8, 4) is 0 Å². The summed E-state index contributed by atoms with van der Waals surface area (Å²) in [5.41, 5.74) is 1.19. The Morgan fingerprint density at radius 3 is 2.71 bits per heavy atom. The molecule has 2 unspecified atom stereocenters. The van der Waals surface area contributed by atoms with Crippen LogP contribution >= 0.6 is 11.6 Å². The molecule has 0 bridgehead atoms. The smallest absolute Gasteiger partial charge is 0.0453 e. The highest BCUT2D eigenvalue weighted by Crippen LogP contribution is 2.24. The first kappa shape index (κ1) is 12.9. The van der Waals surface area contributed by atoms with Crippen LogP contribution in [0.3, 0.4) is 0 Å². The fraction of sp³-hybridized carbons (Fsp3) is 0.571. The summed E-state index contributed by atoms with van der Waals surface area (Å²) >= 11 is 6.21. The molecule has 1 aromatic rings. The fourth-order valence-electron chi connectivity index (χ4n) is 2.58. The van der Waals surface area contributed by atoms with Gasteiger partial charge in [-0.3, -0.25) is 0 Å². The Morgan fingerprint density at radius 2 is 2.12 bits per heavy atom. The summed E-state index contributed by atoms with van der Waals surface area (Å²) in [7, 11) is 2.19. The first-order valence-electron chi connectivity index (χ1n) is 6.28. The summed E-state index contributed by atoms with van der Waals surface area (Å²) in [4.78, 5) is 2.40. The van der Waals surface area contributed by atoms with Crippen molar-refractivity contribution in [3.63, 3.8) is 0 Å². The van der Waals surface area contributed by atoms with Crippen molar-refractivity contribution in [2.24, 2.45) is 0 Å².